The fourth-order valence-corrected chi connectivity index (χ4v) is 1.69. The highest BCUT2D eigenvalue weighted by atomic mass is 16.4. The van der Waals surface area contributed by atoms with Crippen LogP contribution in [0.2, 0.25) is 0 Å². The third-order valence-corrected chi connectivity index (χ3v) is 2.69. The summed E-state index contributed by atoms with van der Waals surface area (Å²) < 4.78 is 0. The average Bonchev–Trinajstić information content (AvgIpc) is 2.43. The zero-order chi connectivity index (χ0) is 14.8. The summed E-state index contributed by atoms with van der Waals surface area (Å²) in [5, 5.41) is 24.2. The van der Waals surface area contributed by atoms with E-state index in [2.05, 4.69) is 15.3 Å². The zero-order valence-corrected chi connectivity index (χ0v) is 11.1. The van der Waals surface area contributed by atoms with Crippen molar-refractivity contribution in [3.05, 3.63) is 34.7 Å². The van der Waals surface area contributed by atoms with Crippen LogP contribution in [0, 0.1) is 0 Å². The number of anilines is 1. The van der Waals surface area contributed by atoms with E-state index in [0.29, 0.717) is 24.1 Å². The number of hydrogen-bond donors (Lipinski definition) is 3. The summed E-state index contributed by atoms with van der Waals surface area (Å²) in [6.45, 7) is 0.453. The fraction of sp³-hybridized carbons (Fsp3) is 0.417. The molecule has 0 aliphatic heterocycles. The van der Waals surface area contributed by atoms with Gasteiger partial charge in [0, 0.05) is 23.6 Å². The van der Waals surface area contributed by atoms with Crippen molar-refractivity contribution < 1.29 is 14.8 Å². The van der Waals surface area contributed by atoms with Crippen LogP contribution in [-0.4, -0.2) is 29.6 Å². The van der Waals surface area contributed by atoms with Crippen LogP contribution in [0.3, 0.4) is 0 Å². The molecule has 0 spiro atoms. The molecule has 0 aliphatic rings. The first-order valence-electron chi connectivity index (χ1n) is 6.40. The van der Waals surface area contributed by atoms with Crippen LogP contribution in [0.4, 0.5) is 5.69 Å². The number of carbonyl (C=O) groups excluding carboxylic acids is 1. The van der Waals surface area contributed by atoms with Gasteiger partial charge in [-0.15, -0.1) is 0 Å². The maximum atomic E-state index is 11.7. The molecule has 0 saturated heterocycles. The molecule has 1 aromatic rings. The van der Waals surface area contributed by atoms with E-state index in [0.717, 1.165) is 19.3 Å². The Bertz CT molecular complexity index is 489. The molecule has 0 atom stereocenters. The van der Waals surface area contributed by atoms with Gasteiger partial charge in [-0.1, -0.05) is 23.7 Å². The van der Waals surface area contributed by atoms with E-state index in [1.807, 2.05) is 0 Å². The van der Waals surface area contributed by atoms with Crippen LogP contribution in [0.5, 0.6) is 0 Å². The molecule has 7 nitrogen and oxygen atoms in total. The second-order valence-corrected chi connectivity index (χ2v) is 4.31. The van der Waals surface area contributed by atoms with Crippen molar-refractivity contribution in [3.63, 3.8) is 0 Å². The zero-order valence-electron chi connectivity index (χ0n) is 11.1. The van der Waals surface area contributed by atoms with Gasteiger partial charge in [-0.05, 0) is 36.0 Å². The minimum Gasteiger partial charge on any atom is -0.423 e. The van der Waals surface area contributed by atoms with Gasteiger partial charge in [-0.3, -0.25) is 4.79 Å². The van der Waals surface area contributed by atoms with Gasteiger partial charge in [-0.2, -0.15) is 0 Å². The predicted molar refractivity (Wildman–Crippen MR) is 77.4 cm³/mol. The number of benzene rings is 1. The molecule has 0 saturated carbocycles. The number of nitrogens with one attached hydrogen (secondary N) is 1. The Labute approximate surface area is 117 Å². The summed E-state index contributed by atoms with van der Waals surface area (Å²) in [4.78, 5) is 14.3. The third kappa shape index (κ3) is 6.24. The van der Waals surface area contributed by atoms with Crippen LogP contribution in [-0.2, 0) is 4.79 Å². The van der Waals surface area contributed by atoms with Gasteiger partial charge in [0.2, 0.25) is 5.91 Å². The molecule has 0 bridgehead atoms. The van der Waals surface area contributed by atoms with Crippen molar-refractivity contribution in [2.75, 3.05) is 11.9 Å². The number of azide groups is 1. The molecule has 1 rings (SSSR count). The first-order valence-corrected chi connectivity index (χ1v) is 6.40. The lowest BCUT2D eigenvalue weighted by atomic mass is 9.80. The highest BCUT2D eigenvalue weighted by Crippen LogP contribution is 2.07. The van der Waals surface area contributed by atoms with E-state index in [-0.39, 0.29) is 5.91 Å². The van der Waals surface area contributed by atoms with Gasteiger partial charge in [0.15, 0.2) is 0 Å². The van der Waals surface area contributed by atoms with E-state index in [1.165, 1.54) is 6.07 Å². The minimum atomic E-state index is -1.55. The normalized spacial score (nSPS) is 9.70. The molecule has 0 fully saturated rings. The van der Waals surface area contributed by atoms with Crippen molar-refractivity contribution in [1.29, 1.82) is 0 Å². The Hall–Kier alpha value is -2.02. The first kappa shape index (κ1) is 16.0. The molecule has 20 heavy (non-hydrogen) atoms. The summed E-state index contributed by atoms with van der Waals surface area (Å²) in [5.74, 6) is -0.127. The summed E-state index contributed by atoms with van der Waals surface area (Å²) >= 11 is 0. The van der Waals surface area contributed by atoms with Crippen LogP contribution in [0.1, 0.15) is 25.7 Å². The molecule has 106 valence electrons. The van der Waals surface area contributed by atoms with E-state index in [9.17, 15) is 4.79 Å². The van der Waals surface area contributed by atoms with Gasteiger partial charge in [0.05, 0.1) is 0 Å². The smallest absolute Gasteiger partial charge is 0.423 e. The van der Waals surface area contributed by atoms with Crippen LogP contribution < -0.4 is 10.8 Å². The van der Waals surface area contributed by atoms with Crippen molar-refractivity contribution in [2.45, 2.75) is 25.7 Å². The maximum absolute atomic E-state index is 11.7. The average molecular weight is 276 g/mol. The number of hydrogen-bond acceptors (Lipinski definition) is 4. The highest BCUT2D eigenvalue weighted by molar-refractivity contribution is 6.58. The largest absolute Gasteiger partial charge is 0.488 e. The quantitative estimate of drug-likeness (QED) is 0.217. The molecule has 1 aromatic carbocycles. The third-order valence-electron chi connectivity index (χ3n) is 2.69. The molecule has 0 aromatic heterocycles. The minimum absolute atomic E-state index is 0.127. The lowest BCUT2D eigenvalue weighted by Gasteiger charge is -2.07. The van der Waals surface area contributed by atoms with Crippen molar-refractivity contribution in [3.8, 4) is 0 Å². The Kier molecular flexibility index (Phi) is 7.20. The molecular weight excluding hydrogens is 259 g/mol. The number of amides is 1. The van der Waals surface area contributed by atoms with Gasteiger partial charge in [0.1, 0.15) is 0 Å². The Balaban J connectivity index is 2.31. The van der Waals surface area contributed by atoms with Gasteiger partial charge < -0.3 is 15.4 Å². The lowest BCUT2D eigenvalue weighted by molar-refractivity contribution is -0.116. The molecule has 1 amide bonds. The summed E-state index contributed by atoms with van der Waals surface area (Å²) in [5.41, 5.74) is 8.96. The topological polar surface area (TPSA) is 118 Å². The SMILES string of the molecule is [N-]=[N+]=NCCCCCC(=O)Nc1cccc(B(O)O)c1. The van der Waals surface area contributed by atoms with E-state index >= 15 is 0 Å². The molecule has 0 heterocycles. The van der Waals surface area contributed by atoms with Crippen LogP contribution >= 0.6 is 0 Å². The molecule has 0 aliphatic carbocycles. The monoisotopic (exact) mass is 276 g/mol. The van der Waals surface area contributed by atoms with Crippen LogP contribution in [0.15, 0.2) is 29.4 Å². The van der Waals surface area contributed by atoms with Gasteiger partial charge in [0.25, 0.3) is 0 Å². The number of nitrogens with zero attached hydrogens (tertiary/aromatic N) is 3. The maximum Gasteiger partial charge on any atom is 0.488 e. The molecule has 0 radical (unpaired) electrons. The van der Waals surface area contributed by atoms with Crippen LogP contribution in [0.25, 0.3) is 10.4 Å². The number of unbranched alkanes of at least 4 members (excludes halogenated alkanes) is 2. The number of rotatable bonds is 8. The Morgan fingerprint density at radius 1 is 1.35 bits per heavy atom. The highest BCUT2D eigenvalue weighted by Gasteiger charge is 2.11. The molecule has 0 unspecified atom stereocenters. The molecular formula is C12H17BN4O3. The van der Waals surface area contributed by atoms with Crippen molar-refractivity contribution >= 4 is 24.2 Å². The first-order chi connectivity index (χ1) is 9.63. The molecule has 3 N–H and O–H groups in total. The van der Waals surface area contributed by atoms with Gasteiger partial charge >= 0.3 is 7.12 Å². The standard InChI is InChI=1S/C12H17BN4O3/c14-17-15-8-3-1-2-7-12(18)16-11-6-4-5-10(9-11)13(19)20/h4-6,9,19-20H,1-3,7-8H2,(H,16,18). The van der Waals surface area contributed by atoms with E-state index < -0.39 is 7.12 Å². The molecule has 8 heteroatoms. The van der Waals surface area contributed by atoms with E-state index in [1.54, 1.807) is 18.2 Å². The second kappa shape index (κ2) is 8.98. The summed E-state index contributed by atoms with van der Waals surface area (Å²) in [6, 6.07) is 6.41. The number of carbonyl (C=O) groups is 1. The van der Waals surface area contributed by atoms with Gasteiger partial charge in [-0.25, -0.2) is 0 Å². The summed E-state index contributed by atoms with van der Waals surface area (Å²) in [7, 11) is -1.55. The second-order valence-electron chi connectivity index (χ2n) is 4.31. The Morgan fingerprint density at radius 2 is 2.15 bits per heavy atom. The lowest BCUT2D eigenvalue weighted by Crippen LogP contribution is -2.30. The van der Waals surface area contributed by atoms with Crippen molar-refractivity contribution in [1.82, 2.24) is 0 Å². The summed E-state index contributed by atoms with van der Waals surface area (Å²) in [6.07, 6.45) is 2.68. The predicted octanol–water partition coefficient (Wildman–Crippen LogP) is 1.18. The van der Waals surface area contributed by atoms with E-state index in [4.69, 9.17) is 15.6 Å². The Morgan fingerprint density at radius 3 is 2.85 bits per heavy atom. The fourth-order valence-electron chi connectivity index (χ4n) is 1.69. The van der Waals surface area contributed by atoms with Crippen molar-refractivity contribution in [2.24, 2.45) is 5.11 Å².